The molecule has 0 aromatic heterocycles. The van der Waals surface area contributed by atoms with Crippen molar-refractivity contribution >= 4 is 54.5 Å². The van der Waals surface area contributed by atoms with Crippen molar-refractivity contribution in [1.29, 1.82) is 0 Å². The van der Waals surface area contributed by atoms with E-state index in [0.717, 1.165) is 25.8 Å². The van der Waals surface area contributed by atoms with Crippen LogP contribution in [0.4, 0.5) is 0 Å². The van der Waals surface area contributed by atoms with Gasteiger partial charge in [0.1, 0.15) is 5.75 Å². The van der Waals surface area contributed by atoms with Gasteiger partial charge in [-0.25, -0.2) is 0 Å². The molecule has 0 aliphatic carbocycles. The number of methoxy groups -OCH3 is 1. The van der Waals surface area contributed by atoms with E-state index in [0.29, 0.717) is 0 Å². The monoisotopic (exact) mass is 523 g/mol. The lowest BCUT2D eigenvalue weighted by Gasteiger charge is -2.22. The molecule has 0 heterocycles. The summed E-state index contributed by atoms with van der Waals surface area (Å²) in [6.07, 6.45) is 0. The molecular weight excluding hydrogens is 509 g/mol. The van der Waals surface area contributed by atoms with Crippen LogP contribution >= 0.6 is 54.5 Å². The fourth-order valence-electron chi connectivity index (χ4n) is 2.29. The standard InChI is InChI=1S/C16H16Br2INO/c1-9-6-15(21-3)12(8-14(9)18)16(20-2)11-7-10(19)4-5-13(11)17/h4-8,16,20H,1-3H3. The lowest BCUT2D eigenvalue weighted by molar-refractivity contribution is 0.405. The van der Waals surface area contributed by atoms with Gasteiger partial charge in [-0.2, -0.15) is 0 Å². The molecule has 0 spiro atoms. The van der Waals surface area contributed by atoms with Gasteiger partial charge in [0.05, 0.1) is 13.2 Å². The van der Waals surface area contributed by atoms with E-state index in [9.17, 15) is 0 Å². The quantitative estimate of drug-likeness (QED) is 0.538. The molecule has 0 aliphatic rings. The lowest BCUT2D eigenvalue weighted by Crippen LogP contribution is -2.19. The summed E-state index contributed by atoms with van der Waals surface area (Å²) in [6.45, 7) is 2.06. The van der Waals surface area contributed by atoms with Crippen molar-refractivity contribution in [2.75, 3.05) is 14.2 Å². The van der Waals surface area contributed by atoms with Crippen LogP contribution in [0.1, 0.15) is 22.7 Å². The van der Waals surface area contributed by atoms with Crippen molar-refractivity contribution in [2.24, 2.45) is 0 Å². The first-order valence-corrected chi connectivity index (χ1v) is 9.10. The molecule has 0 radical (unpaired) electrons. The Hall–Kier alpha value is -0.110. The van der Waals surface area contributed by atoms with Gasteiger partial charge in [0.25, 0.3) is 0 Å². The minimum absolute atomic E-state index is 0.0564. The van der Waals surface area contributed by atoms with E-state index in [4.69, 9.17) is 4.74 Å². The third-order valence-electron chi connectivity index (χ3n) is 3.38. The fourth-order valence-corrected chi connectivity index (χ4v) is 3.64. The van der Waals surface area contributed by atoms with Gasteiger partial charge >= 0.3 is 0 Å². The number of nitrogens with one attached hydrogen (secondary N) is 1. The normalized spacial score (nSPS) is 12.3. The first-order valence-electron chi connectivity index (χ1n) is 6.44. The number of aryl methyl sites for hydroxylation is 1. The highest BCUT2D eigenvalue weighted by atomic mass is 127. The Balaban J connectivity index is 2.61. The van der Waals surface area contributed by atoms with Gasteiger partial charge in [-0.05, 0) is 78.0 Å². The van der Waals surface area contributed by atoms with E-state index in [1.54, 1.807) is 7.11 Å². The summed E-state index contributed by atoms with van der Waals surface area (Å²) in [7, 11) is 3.67. The third kappa shape index (κ3) is 3.81. The Bertz CT molecular complexity index is 661. The van der Waals surface area contributed by atoms with Gasteiger partial charge in [-0.15, -0.1) is 0 Å². The Morgan fingerprint density at radius 3 is 2.43 bits per heavy atom. The Morgan fingerprint density at radius 1 is 1.10 bits per heavy atom. The molecule has 1 N–H and O–H groups in total. The maximum absolute atomic E-state index is 5.58. The summed E-state index contributed by atoms with van der Waals surface area (Å²) in [5.74, 6) is 0.890. The maximum atomic E-state index is 5.58. The largest absolute Gasteiger partial charge is 0.496 e. The van der Waals surface area contributed by atoms with Gasteiger partial charge in [0, 0.05) is 18.1 Å². The first-order chi connectivity index (χ1) is 9.97. The van der Waals surface area contributed by atoms with Crippen LogP contribution in [0.3, 0.4) is 0 Å². The van der Waals surface area contributed by atoms with Crippen LogP contribution in [0.2, 0.25) is 0 Å². The zero-order valence-electron chi connectivity index (χ0n) is 12.0. The fraction of sp³-hybridized carbons (Fsp3) is 0.250. The maximum Gasteiger partial charge on any atom is 0.124 e. The van der Waals surface area contributed by atoms with Gasteiger partial charge in [-0.3, -0.25) is 0 Å². The average Bonchev–Trinajstić information content (AvgIpc) is 2.46. The van der Waals surface area contributed by atoms with E-state index in [1.165, 1.54) is 9.13 Å². The molecule has 2 rings (SSSR count). The van der Waals surface area contributed by atoms with Crippen LogP contribution < -0.4 is 10.1 Å². The summed E-state index contributed by atoms with van der Waals surface area (Å²) >= 11 is 9.60. The van der Waals surface area contributed by atoms with Gasteiger partial charge in [0.15, 0.2) is 0 Å². The van der Waals surface area contributed by atoms with Crippen LogP contribution in [-0.4, -0.2) is 14.2 Å². The van der Waals surface area contributed by atoms with Crippen molar-refractivity contribution in [2.45, 2.75) is 13.0 Å². The van der Waals surface area contributed by atoms with Crippen molar-refractivity contribution in [1.82, 2.24) is 5.32 Å². The highest BCUT2D eigenvalue weighted by Gasteiger charge is 2.20. The van der Waals surface area contributed by atoms with Crippen molar-refractivity contribution in [3.8, 4) is 5.75 Å². The minimum Gasteiger partial charge on any atom is -0.496 e. The zero-order valence-corrected chi connectivity index (χ0v) is 17.3. The predicted octanol–water partition coefficient (Wildman–Crippen LogP) is 5.44. The molecule has 2 nitrogen and oxygen atoms in total. The molecule has 0 amide bonds. The van der Waals surface area contributed by atoms with E-state index in [-0.39, 0.29) is 6.04 Å². The van der Waals surface area contributed by atoms with Crippen molar-refractivity contribution in [3.05, 3.63) is 59.5 Å². The second-order valence-electron chi connectivity index (χ2n) is 4.73. The minimum atomic E-state index is 0.0564. The second kappa shape index (κ2) is 7.44. The molecule has 2 aromatic rings. The predicted molar refractivity (Wildman–Crippen MR) is 103 cm³/mol. The van der Waals surface area contributed by atoms with E-state index in [2.05, 4.69) is 97.0 Å². The van der Waals surface area contributed by atoms with Gasteiger partial charge in [0.2, 0.25) is 0 Å². The summed E-state index contributed by atoms with van der Waals surface area (Å²) in [5, 5.41) is 3.39. The molecular formula is C16H16Br2INO. The lowest BCUT2D eigenvalue weighted by atomic mass is 9.97. The second-order valence-corrected chi connectivity index (χ2v) is 7.69. The topological polar surface area (TPSA) is 21.3 Å². The average molecular weight is 525 g/mol. The Morgan fingerprint density at radius 2 is 1.81 bits per heavy atom. The molecule has 1 atom stereocenters. The number of hydrogen-bond acceptors (Lipinski definition) is 2. The Labute approximate surface area is 156 Å². The summed E-state index contributed by atoms with van der Waals surface area (Å²) in [5.41, 5.74) is 3.46. The van der Waals surface area contributed by atoms with E-state index in [1.807, 2.05) is 7.05 Å². The molecule has 2 aromatic carbocycles. The molecule has 5 heteroatoms. The molecule has 0 bridgehead atoms. The molecule has 0 aliphatic heterocycles. The van der Waals surface area contributed by atoms with Gasteiger partial charge in [-0.1, -0.05) is 31.9 Å². The summed E-state index contributed by atoms with van der Waals surface area (Å²) in [6, 6.07) is 10.6. The zero-order chi connectivity index (χ0) is 15.6. The van der Waals surface area contributed by atoms with Crippen LogP contribution in [0.15, 0.2) is 39.3 Å². The molecule has 1 unspecified atom stereocenters. The van der Waals surface area contributed by atoms with Crippen LogP contribution in [-0.2, 0) is 0 Å². The highest BCUT2D eigenvalue weighted by Crippen LogP contribution is 2.37. The molecule has 21 heavy (non-hydrogen) atoms. The molecule has 112 valence electrons. The van der Waals surface area contributed by atoms with Crippen LogP contribution in [0, 0.1) is 10.5 Å². The van der Waals surface area contributed by atoms with E-state index < -0.39 is 0 Å². The van der Waals surface area contributed by atoms with E-state index >= 15 is 0 Å². The molecule has 0 fully saturated rings. The Kier molecular flexibility index (Phi) is 6.11. The number of ether oxygens (including phenoxy) is 1. The summed E-state index contributed by atoms with van der Waals surface area (Å²) < 4.78 is 8.95. The van der Waals surface area contributed by atoms with Crippen molar-refractivity contribution < 1.29 is 4.74 Å². The third-order valence-corrected chi connectivity index (χ3v) is 5.63. The molecule has 0 saturated heterocycles. The van der Waals surface area contributed by atoms with Crippen LogP contribution in [0.5, 0.6) is 5.75 Å². The van der Waals surface area contributed by atoms with Crippen LogP contribution in [0.25, 0.3) is 0 Å². The number of halogens is 3. The molecule has 0 saturated carbocycles. The van der Waals surface area contributed by atoms with Gasteiger partial charge < -0.3 is 10.1 Å². The van der Waals surface area contributed by atoms with Crippen molar-refractivity contribution in [3.63, 3.8) is 0 Å². The number of hydrogen-bond donors (Lipinski definition) is 1. The number of rotatable bonds is 4. The number of benzene rings is 2. The summed E-state index contributed by atoms with van der Waals surface area (Å²) in [4.78, 5) is 0. The highest BCUT2D eigenvalue weighted by molar-refractivity contribution is 14.1. The first kappa shape index (κ1) is 17.2. The SMILES string of the molecule is CNC(c1cc(I)ccc1Br)c1cc(Br)c(C)cc1OC. The smallest absolute Gasteiger partial charge is 0.124 e.